The zero-order valence-electron chi connectivity index (χ0n) is 8.64. The van der Waals surface area contributed by atoms with Gasteiger partial charge < -0.3 is 5.32 Å². The molecule has 17 heavy (non-hydrogen) atoms. The molecule has 0 atom stereocenters. The summed E-state index contributed by atoms with van der Waals surface area (Å²) in [4.78, 5) is 11.5. The molecule has 6 heteroatoms. The molecule has 1 fully saturated rings. The lowest BCUT2D eigenvalue weighted by atomic mass is 9.81. The van der Waals surface area contributed by atoms with E-state index in [9.17, 15) is 18.0 Å². The molecule has 0 unspecified atom stereocenters. The van der Waals surface area contributed by atoms with Crippen LogP contribution in [0.4, 0.5) is 18.9 Å². The first-order valence-electron chi connectivity index (χ1n) is 5.01. The molecule has 1 aliphatic rings. The van der Waals surface area contributed by atoms with E-state index in [1.54, 1.807) is 0 Å². The van der Waals surface area contributed by atoms with Gasteiger partial charge in [-0.1, -0.05) is 11.6 Å². The number of nitrogens with one attached hydrogen (secondary N) is 1. The maximum Gasteiger partial charge on any atom is 0.249 e. The maximum atomic E-state index is 12.8. The van der Waals surface area contributed by atoms with Crippen LogP contribution in [0.5, 0.6) is 0 Å². The zero-order chi connectivity index (χ0) is 12.6. The van der Waals surface area contributed by atoms with Gasteiger partial charge in [0.1, 0.15) is 5.82 Å². The van der Waals surface area contributed by atoms with Crippen molar-refractivity contribution in [2.75, 3.05) is 5.32 Å². The second-order valence-electron chi connectivity index (χ2n) is 4.08. The van der Waals surface area contributed by atoms with Crippen LogP contribution in [0.3, 0.4) is 0 Å². The molecule has 1 aliphatic carbocycles. The third-order valence-electron chi connectivity index (χ3n) is 2.65. The molecule has 0 aromatic heterocycles. The van der Waals surface area contributed by atoms with E-state index >= 15 is 0 Å². The Balaban J connectivity index is 1.97. The normalized spacial score (nSPS) is 18.6. The summed E-state index contributed by atoms with van der Waals surface area (Å²) < 4.78 is 37.9. The molecule has 92 valence electrons. The van der Waals surface area contributed by atoms with Crippen molar-refractivity contribution >= 4 is 23.2 Å². The molecular formula is C11H9ClF3NO. The van der Waals surface area contributed by atoms with Crippen molar-refractivity contribution < 1.29 is 18.0 Å². The van der Waals surface area contributed by atoms with Crippen molar-refractivity contribution in [2.45, 2.75) is 18.8 Å². The van der Waals surface area contributed by atoms with Crippen LogP contribution < -0.4 is 5.32 Å². The second-order valence-corrected chi connectivity index (χ2v) is 4.49. The molecule has 0 bridgehead atoms. The molecule has 0 heterocycles. The van der Waals surface area contributed by atoms with E-state index in [2.05, 4.69) is 5.32 Å². The van der Waals surface area contributed by atoms with E-state index in [4.69, 9.17) is 11.6 Å². The van der Waals surface area contributed by atoms with Gasteiger partial charge in [-0.3, -0.25) is 4.79 Å². The highest BCUT2D eigenvalue weighted by molar-refractivity contribution is 6.31. The molecule has 0 saturated heterocycles. The van der Waals surface area contributed by atoms with Gasteiger partial charge in [0, 0.05) is 24.4 Å². The molecule has 0 spiro atoms. The molecule has 1 amide bonds. The van der Waals surface area contributed by atoms with E-state index in [1.165, 1.54) is 12.1 Å². The van der Waals surface area contributed by atoms with Gasteiger partial charge >= 0.3 is 0 Å². The summed E-state index contributed by atoms with van der Waals surface area (Å²) in [6.07, 6.45) is -0.873. The van der Waals surface area contributed by atoms with Gasteiger partial charge in [0.2, 0.25) is 11.8 Å². The fourth-order valence-electron chi connectivity index (χ4n) is 1.66. The quantitative estimate of drug-likeness (QED) is 0.870. The number of rotatable bonds is 2. The van der Waals surface area contributed by atoms with Crippen molar-refractivity contribution in [1.29, 1.82) is 0 Å². The third-order valence-corrected chi connectivity index (χ3v) is 2.94. The Morgan fingerprint density at radius 2 is 2.06 bits per heavy atom. The van der Waals surface area contributed by atoms with Gasteiger partial charge in [0.25, 0.3) is 0 Å². The molecular weight excluding hydrogens is 255 g/mol. The minimum atomic E-state index is -2.73. The van der Waals surface area contributed by atoms with Crippen LogP contribution in [0.25, 0.3) is 0 Å². The van der Waals surface area contributed by atoms with Gasteiger partial charge in [0.05, 0.1) is 5.02 Å². The van der Waals surface area contributed by atoms with E-state index in [0.29, 0.717) is 5.69 Å². The van der Waals surface area contributed by atoms with Gasteiger partial charge in [-0.25, -0.2) is 13.2 Å². The highest BCUT2D eigenvalue weighted by Crippen LogP contribution is 2.42. The summed E-state index contributed by atoms with van der Waals surface area (Å²) in [6, 6.07) is 3.68. The summed E-state index contributed by atoms with van der Waals surface area (Å²) in [5.74, 6) is -4.50. The Kier molecular flexibility index (Phi) is 3.03. The van der Waals surface area contributed by atoms with Gasteiger partial charge in [-0.15, -0.1) is 0 Å². The summed E-state index contributed by atoms with van der Waals surface area (Å²) >= 11 is 5.52. The first-order valence-corrected chi connectivity index (χ1v) is 5.39. The van der Waals surface area contributed by atoms with Crippen LogP contribution in [0.1, 0.15) is 12.8 Å². The van der Waals surface area contributed by atoms with Crippen LogP contribution in [0, 0.1) is 11.7 Å². The van der Waals surface area contributed by atoms with Gasteiger partial charge in [-0.05, 0) is 18.2 Å². The molecule has 1 saturated carbocycles. The molecule has 1 aromatic rings. The minimum absolute atomic E-state index is 0.123. The second kappa shape index (κ2) is 4.22. The van der Waals surface area contributed by atoms with Crippen LogP contribution in [0.15, 0.2) is 18.2 Å². The number of hydrogen-bond acceptors (Lipinski definition) is 1. The minimum Gasteiger partial charge on any atom is -0.326 e. The lowest BCUT2D eigenvalue weighted by Gasteiger charge is -2.33. The van der Waals surface area contributed by atoms with Gasteiger partial charge in [-0.2, -0.15) is 0 Å². The Morgan fingerprint density at radius 3 is 2.59 bits per heavy atom. The smallest absolute Gasteiger partial charge is 0.249 e. The average Bonchev–Trinajstić information content (AvgIpc) is 2.20. The molecule has 1 N–H and O–H groups in total. The summed E-state index contributed by atoms with van der Waals surface area (Å²) in [5.41, 5.74) is 0.302. The number of anilines is 1. The number of benzene rings is 1. The van der Waals surface area contributed by atoms with Crippen LogP contribution in [-0.2, 0) is 4.79 Å². The largest absolute Gasteiger partial charge is 0.326 e. The van der Waals surface area contributed by atoms with Crippen LogP contribution >= 0.6 is 11.6 Å². The van der Waals surface area contributed by atoms with E-state index in [1.807, 2.05) is 0 Å². The molecule has 2 nitrogen and oxygen atoms in total. The maximum absolute atomic E-state index is 12.8. The van der Waals surface area contributed by atoms with Crippen LogP contribution in [-0.4, -0.2) is 11.8 Å². The fourth-order valence-corrected chi connectivity index (χ4v) is 1.85. The van der Waals surface area contributed by atoms with Crippen molar-refractivity contribution in [3.63, 3.8) is 0 Å². The van der Waals surface area contributed by atoms with Gasteiger partial charge in [0.15, 0.2) is 0 Å². The number of amides is 1. The van der Waals surface area contributed by atoms with E-state index < -0.39 is 36.4 Å². The highest BCUT2D eigenvalue weighted by atomic mass is 35.5. The Morgan fingerprint density at radius 1 is 1.41 bits per heavy atom. The third kappa shape index (κ3) is 2.72. The molecule has 0 aliphatic heterocycles. The fraction of sp³-hybridized carbons (Fsp3) is 0.364. The van der Waals surface area contributed by atoms with Crippen molar-refractivity contribution in [3.05, 3.63) is 29.0 Å². The number of carbonyl (C=O) groups excluding carboxylic acids is 1. The first-order chi connectivity index (χ1) is 7.87. The van der Waals surface area contributed by atoms with E-state index in [-0.39, 0.29) is 5.02 Å². The van der Waals surface area contributed by atoms with Crippen LogP contribution in [0.2, 0.25) is 5.02 Å². The summed E-state index contributed by atoms with van der Waals surface area (Å²) in [7, 11) is 0. The number of alkyl halides is 2. The lowest BCUT2D eigenvalue weighted by molar-refractivity contribution is -0.145. The predicted octanol–water partition coefficient (Wildman–Crippen LogP) is 3.46. The average molecular weight is 264 g/mol. The SMILES string of the molecule is O=C(Nc1ccc(F)c(Cl)c1)C1CC(F)(F)C1. The lowest BCUT2D eigenvalue weighted by Crippen LogP contribution is -2.42. The molecule has 2 rings (SSSR count). The van der Waals surface area contributed by atoms with Crippen molar-refractivity contribution in [3.8, 4) is 0 Å². The molecule has 0 radical (unpaired) electrons. The van der Waals surface area contributed by atoms with Crippen molar-refractivity contribution in [2.24, 2.45) is 5.92 Å². The standard InChI is InChI=1S/C11H9ClF3NO/c12-8-3-7(1-2-9(8)13)16-10(17)6-4-11(14,15)5-6/h1-3,6H,4-5H2,(H,16,17). The highest BCUT2D eigenvalue weighted by Gasteiger charge is 2.48. The number of carbonyl (C=O) groups is 1. The summed E-state index contributed by atoms with van der Waals surface area (Å²) in [6.45, 7) is 0. The Labute approximate surface area is 101 Å². The monoisotopic (exact) mass is 263 g/mol. The first kappa shape index (κ1) is 12.2. The van der Waals surface area contributed by atoms with E-state index in [0.717, 1.165) is 6.07 Å². The number of hydrogen-bond donors (Lipinski definition) is 1. The topological polar surface area (TPSA) is 29.1 Å². The summed E-state index contributed by atoms with van der Waals surface area (Å²) in [5, 5.41) is 2.30. The Bertz CT molecular complexity index is 456. The zero-order valence-corrected chi connectivity index (χ0v) is 9.40. The Hall–Kier alpha value is -1.23. The number of halogens is 4. The predicted molar refractivity (Wildman–Crippen MR) is 57.7 cm³/mol. The van der Waals surface area contributed by atoms with Crippen molar-refractivity contribution in [1.82, 2.24) is 0 Å². The molecule has 1 aromatic carbocycles.